The lowest BCUT2D eigenvalue weighted by Gasteiger charge is -2.04. The van der Waals surface area contributed by atoms with E-state index in [1.807, 2.05) is 18.2 Å². The van der Waals surface area contributed by atoms with Gasteiger partial charge in [-0.05, 0) is 25.1 Å². The summed E-state index contributed by atoms with van der Waals surface area (Å²) in [5.41, 5.74) is 7.35. The van der Waals surface area contributed by atoms with E-state index in [1.165, 1.54) is 0 Å². The molecule has 5 nitrogen and oxygen atoms in total. The van der Waals surface area contributed by atoms with Crippen LogP contribution in [0.5, 0.6) is 0 Å². The van der Waals surface area contributed by atoms with Gasteiger partial charge >= 0.3 is 5.97 Å². The molecule has 2 N–H and O–H groups in total. The van der Waals surface area contributed by atoms with Gasteiger partial charge in [0.1, 0.15) is 0 Å². The molecule has 1 aromatic carbocycles. The summed E-state index contributed by atoms with van der Waals surface area (Å²) in [7, 11) is 0. The van der Waals surface area contributed by atoms with Crippen molar-refractivity contribution >= 4 is 22.6 Å². The molecular formula is C12H15N3O2. The van der Waals surface area contributed by atoms with Crippen LogP contribution in [0, 0.1) is 0 Å². The smallest absolute Gasteiger partial charge is 0.307 e. The maximum atomic E-state index is 11.3. The second kappa shape index (κ2) is 4.86. The van der Waals surface area contributed by atoms with Crippen LogP contribution >= 0.6 is 0 Å². The Labute approximate surface area is 99.2 Å². The maximum Gasteiger partial charge on any atom is 0.307 e. The molecule has 2 rings (SSSR count). The first-order valence-corrected chi connectivity index (χ1v) is 5.57. The molecule has 0 unspecified atom stereocenters. The molecule has 1 aromatic heterocycles. The van der Waals surface area contributed by atoms with Gasteiger partial charge in [-0.2, -0.15) is 5.10 Å². The number of carbonyl (C=O) groups is 1. The predicted molar refractivity (Wildman–Crippen MR) is 65.4 cm³/mol. The van der Waals surface area contributed by atoms with E-state index in [-0.39, 0.29) is 5.97 Å². The number of nitrogens with zero attached hydrogens (tertiary/aromatic N) is 2. The summed E-state index contributed by atoms with van der Waals surface area (Å²) in [6.07, 6.45) is 2.08. The molecule has 0 aliphatic rings. The predicted octanol–water partition coefficient (Wildman–Crippen LogP) is 1.57. The normalized spacial score (nSPS) is 10.6. The Hall–Kier alpha value is -2.04. The van der Waals surface area contributed by atoms with Crippen molar-refractivity contribution in [2.24, 2.45) is 0 Å². The molecule has 0 amide bonds. The molecule has 0 spiro atoms. The Bertz CT molecular complexity index is 534. The van der Waals surface area contributed by atoms with Gasteiger partial charge in [-0.15, -0.1) is 0 Å². The average Bonchev–Trinajstić information content (AvgIpc) is 2.69. The number of aryl methyl sites for hydroxylation is 1. The number of ether oxygens (including phenoxy) is 1. The van der Waals surface area contributed by atoms with Crippen LogP contribution in [0.2, 0.25) is 0 Å². The number of benzene rings is 1. The summed E-state index contributed by atoms with van der Waals surface area (Å²) in [6.45, 7) is 2.71. The molecule has 2 aromatic rings. The first-order valence-electron chi connectivity index (χ1n) is 5.57. The standard InChI is InChI=1S/C12H15N3O2/c1-2-17-12(16)5-6-15-11-7-10(13)4-3-9(11)8-14-15/h3-4,7-8H,2,5-6,13H2,1H3. The van der Waals surface area contributed by atoms with Crippen molar-refractivity contribution in [1.29, 1.82) is 0 Å². The summed E-state index contributed by atoms with van der Waals surface area (Å²) < 4.78 is 6.64. The Balaban J connectivity index is 2.13. The van der Waals surface area contributed by atoms with Crippen molar-refractivity contribution in [3.63, 3.8) is 0 Å². The van der Waals surface area contributed by atoms with Crippen molar-refractivity contribution in [1.82, 2.24) is 9.78 Å². The van der Waals surface area contributed by atoms with Gasteiger partial charge in [0.2, 0.25) is 0 Å². The zero-order valence-electron chi connectivity index (χ0n) is 9.72. The largest absolute Gasteiger partial charge is 0.466 e. The molecular weight excluding hydrogens is 218 g/mol. The lowest BCUT2D eigenvalue weighted by molar-refractivity contribution is -0.143. The van der Waals surface area contributed by atoms with E-state index in [0.717, 1.165) is 10.9 Å². The van der Waals surface area contributed by atoms with Crippen molar-refractivity contribution in [3.05, 3.63) is 24.4 Å². The topological polar surface area (TPSA) is 70.1 Å². The highest BCUT2D eigenvalue weighted by molar-refractivity contribution is 5.82. The minimum Gasteiger partial charge on any atom is -0.466 e. The van der Waals surface area contributed by atoms with Gasteiger partial charge < -0.3 is 10.5 Å². The number of hydrogen-bond donors (Lipinski definition) is 1. The van der Waals surface area contributed by atoms with Crippen LogP contribution in [-0.4, -0.2) is 22.4 Å². The first kappa shape index (κ1) is 11.4. The minimum absolute atomic E-state index is 0.208. The molecule has 0 atom stereocenters. The van der Waals surface area contributed by atoms with Crippen LogP contribution in [0.25, 0.3) is 10.9 Å². The molecule has 17 heavy (non-hydrogen) atoms. The Morgan fingerprint density at radius 2 is 2.35 bits per heavy atom. The zero-order chi connectivity index (χ0) is 12.3. The lowest BCUT2D eigenvalue weighted by atomic mass is 10.2. The fraction of sp³-hybridized carbons (Fsp3) is 0.333. The second-order valence-corrected chi connectivity index (χ2v) is 3.74. The van der Waals surface area contributed by atoms with Crippen LogP contribution in [0.15, 0.2) is 24.4 Å². The van der Waals surface area contributed by atoms with Gasteiger partial charge in [0, 0.05) is 11.1 Å². The monoisotopic (exact) mass is 233 g/mol. The van der Waals surface area contributed by atoms with Gasteiger partial charge in [0.15, 0.2) is 0 Å². The molecule has 0 saturated heterocycles. The Morgan fingerprint density at radius 1 is 1.53 bits per heavy atom. The third kappa shape index (κ3) is 2.55. The number of hydrogen-bond acceptors (Lipinski definition) is 4. The third-order valence-corrected chi connectivity index (χ3v) is 2.50. The molecule has 5 heteroatoms. The van der Waals surface area contributed by atoms with Gasteiger partial charge in [-0.3, -0.25) is 9.48 Å². The van der Waals surface area contributed by atoms with Crippen LogP contribution in [-0.2, 0) is 16.1 Å². The van der Waals surface area contributed by atoms with E-state index in [9.17, 15) is 4.79 Å². The van der Waals surface area contributed by atoms with E-state index >= 15 is 0 Å². The number of aromatic nitrogens is 2. The summed E-state index contributed by atoms with van der Waals surface area (Å²) in [5.74, 6) is -0.208. The molecule has 0 aliphatic heterocycles. The molecule has 0 aliphatic carbocycles. The molecule has 0 fully saturated rings. The summed E-state index contributed by atoms with van der Waals surface area (Å²) in [5, 5.41) is 5.24. The number of anilines is 1. The van der Waals surface area contributed by atoms with E-state index in [2.05, 4.69) is 5.10 Å². The minimum atomic E-state index is -0.208. The van der Waals surface area contributed by atoms with E-state index < -0.39 is 0 Å². The van der Waals surface area contributed by atoms with E-state index in [4.69, 9.17) is 10.5 Å². The van der Waals surface area contributed by atoms with Gasteiger partial charge in [-0.1, -0.05) is 0 Å². The molecule has 0 saturated carbocycles. The Morgan fingerprint density at radius 3 is 3.12 bits per heavy atom. The molecule has 1 heterocycles. The van der Waals surface area contributed by atoms with Crippen LogP contribution in [0.3, 0.4) is 0 Å². The fourth-order valence-corrected chi connectivity index (χ4v) is 1.70. The molecule has 0 radical (unpaired) electrons. The maximum absolute atomic E-state index is 11.3. The summed E-state index contributed by atoms with van der Waals surface area (Å²) in [6, 6.07) is 5.60. The van der Waals surface area contributed by atoms with Gasteiger partial charge in [0.25, 0.3) is 0 Å². The average molecular weight is 233 g/mol. The number of esters is 1. The number of nitrogens with two attached hydrogens (primary N) is 1. The van der Waals surface area contributed by atoms with Gasteiger partial charge in [-0.25, -0.2) is 0 Å². The van der Waals surface area contributed by atoms with Gasteiger partial charge in [0.05, 0.1) is 31.3 Å². The van der Waals surface area contributed by atoms with Crippen LogP contribution in [0.4, 0.5) is 5.69 Å². The molecule has 90 valence electrons. The zero-order valence-corrected chi connectivity index (χ0v) is 9.72. The number of fused-ring (bicyclic) bond motifs is 1. The second-order valence-electron chi connectivity index (χ2n) is 3.74. The van der Waals surface area contributed by atoms with Crippen molar-refractivity contribution < 1.29 is 9.53 Å². The lowest BCUT2D eigenvalue weighted by Crippen LogP contribution is -2.09. The van der Waals surface area contributed by atoms with Crippen LogP contribution < -0.4 is 5.73 Å². The van der Waals surface area contributed by atoms with Crippen LogP contribution in [0.1, 0.15) is 13.3 Å². The fourth-order valence-electron chi connectivity index (χ4n) is 1.70. The van der Waals surface area contributed by atoms with Crippen molar-refractivity contribution in [2.75, 3.05) is 12.3 Å². The van der Waals surface area contributed by atoms with Crippen molar-refractivity contribution in [3.8, 4) is 0 Å². The van der Waals surface area contributed by atoms with Crippen molar-refractivity contribution in [2.45, 2.75) is 19.9 Å². The van der Waals surface area contributed by atoms with E-state index in [1.54, 1.807) is 17.8 Å². The highest BCUT2D eigenvalue weighted by atomic mass is 16.5. The summed E-state index contributed by atoms with van der Waals surface area (Å²) >= 11 is 0. The number of nitrogen functional groups attached to an aromatic ring is 1. The highest BCUT2D eigenvalue weighted by Gasteiger charge is 2.06. The highest BCUT2D eigenvalue weighted by Crippen LogP contribution is 2.17. The first-order chi connectivity index (χ1) is 8.20. The third-order valence-electron chi connectivity index (χ3n) is 2.50. The summed E-state index contributed by atoms with van der Waals surface area (Å²) in [4.78, 5) is 11.3. The SMILES string of the molecule is CCOC(=O)CCn1ncc2ccc(N)cc21. The number of rotatable bonds is 4. The van der Waals surface area contributed by atoms with E-state index in [0.29, 0.717) is 25.3 Å². The Kier molecular flexibility index (Phi) is 3.27. The molecule has 0 bridgehead atoms. The number of carbonyl (C=O) groups excluding carboxylic acids is 1. The quantitative estimate of drug-likeness (QED) is 0.642.